The van der Waals surface area contributed by atoms with Crippen molar-refractivity contribution in [1.82, 2.24) is 9.21 Å². The Kier molecular flexibility index (Phi) is 4.59. The lowest BCUT2D eigenvalue weighted by molar-refractivity contribution is -0.137. The molecule has 2 heterocycles. The van der Waals surface area contributed by atoms with Gasteiger partial charge in [-0.05, 0) is 18.9 Å². The summed E-state index contributed by atoms with van der Waals surface area (Å²) in [5.74, 6) is 0.853. The fourth-order valence-electron chi connectivity index (χ4n) is 3.21. The van der Waals surface area contributed by atoms with E-state index in [9.17, 15) is 13.2 Å². The summed E-state index contributed by atoms with van der Waals surface area (Å²) >= 11 is 0. The lowest BCUT2D eigenvalue weighted by atomic mass is 9.96. The number of carbonyl (C=O) groups excluding carboxylic acids is 1. The second kappa shape index (κ2) is 6.49. The molecule has 0 spiro atoms. The Bertz CT molecular complexity index is 681. The number of benzene rings is 1. The SMILES string of the molecule is CS(=O)(=O)N1CCC(C(=O)N2CCOc3ccccc3C2)CC1. The third kappa shape index (κ3) is 3.67. The summed E-state index contributed by atoms with van der Waals surface area (Å²) in [7, 11) is -3.16. The molecule has 0 aliphatic carbocycles. The molecule has 0 unspecified atom stereocenters. The smallest absolute Gasteiger partial charge is 0.226 e. The van der Waals surface area contributed by atoms with E-state index in [1.807, 2.05) is 29.2 Å². The van der Waals surface area contributed by atoms with Gasteiger partial charge in [0.1, 0.15) is 12.4 Å². The molecule has 3 rings (SSSR count). The van der Waals surface area contributed by atoms with Crippen LogP contribution in [0.1, 0.15) is 18.4 Å². The Hall–Kier alpha value is -1.60. The highest BCUT2D eigenvalue weighted by atomic mass is 32.2. The summed E-state index contributed by atoms with van der Waals surface area (Å²) in [4.78, 5) is 14.6. The standard InChI is InChI=1S/C16H22N2O4S/c1-23(20,21)18-8-6-13(7-9-18)16(19)17-10-11-22-15-5-3-2-4-14(15)12-17/h2-5,13H,6-12H2,1H3. The summed E-state index contributed by atoms with van der Waals surface area (Å²) in [5, 5.41) is 0. The molecule has 0 bridgehead atoms. The van der Waals surface area contributed by atoms with Gasteiger partial charge < -0.3 is 9.64 Å². The predicted molar refractivity (Wildman–Crippen MR) is 86.5 cm³/mol. The van der Waals surface area contributed by atoms with Gasteiger partial charge in [-0.15, -0.1) is 0 Å². The summed E-state index contributed by atoms with van der Waals surface area (Å²) in [6.07, 6.45) is 2.40. The number of rotatable bonds is 2. The quantitative estimate of drug-likeness (QED) is 0.809. The van der Waals surface area contributed by atoms with Crippen LogP contribution in [-0.2, 0) is 21.4 Å². The van der Waals surface area contributed by atoms with Crippen LogP contribution < -0.4 is 4.74 Å². The van der Waals surface area contributed by atoms with Crippen molar-refractivity contribution in [3.63, 3.8) is 0 Å². The Balaban J connectivity index is 1.65. The Morgan fingerprint density at radius 1 is 1.17 bits per heavy atom. The number of ether oxygens (including phenoxy) is 1. The van der Waals surface area contributed by atoms with Crippen LogP contribution in [0.15, 0.2) is 24.3 Å². The van der Waals surface area contributed by atoms with Gasteiger partial charge in [-0.25, -0.2) is 12.7 Å². The molecule has 1 saturated heterocycles. The number of fused-ring (bicyclic) bond motifs is 1. The Labute approximate surface area is 137 Å². The van der Waals surface area contributed by atoms with Crippen molar-refractivity contribution in [3.8, 4) is 5.75 Å². The van der Waals surface area contributed by atoms with Crippen LogP contribution in [0.25, 0.3) is 0 Å². The first-order valence-corrected chi connectivity index (χ1v) is 9.74. The van der Waals surface area contributed by atoms with E-state index in [1.165, 1.54) is 10.6 Å². The van der Waals surface area contributed by atoms with Crippen LogP contribution >= 0.6 is 0 Å². The maximum atomic E-state index is 12.8. The second-order valence-electron chi connectivity index (χ2n) is 6.15. The molecule has 1 aromatic carbocycles. The molecule has 23 heavy (non-hydrogen) atoms. The minimum Gasteiger partial charge on any atom is -0.491 e. The van der Waals surface area contributed by atoms with Crippen LogP contribution in [0.4, 0.5) is 0 Å². The van der Waals surface area contributed by atoms with Crippen molar-refractivity contribution in [2.45, 2.75) is 19.4 Å². The average Bonchev–Trinajstić information content (AvgIpc) is 2.75. The molecule has 0 aromatic heterocycles. The van der Waals surface area contributed by atoms with Gasteiger partial charge in [-0.3, -0.25) is 4.79 Å². The van der Waals surface area contributed by atoms with Crippen LogP contribution in [0.5, 0.6) is 5.75 Å². The maximum absolute atomic E-state index is 12.8. The van der Waals surface area contributed by atoms with Gasteiger partial charge in [0.2, 0.25) is 15.9 Å². The van der Waals surface area contributed by atoms with Crippen molar-refractivity contribution in [3.05, 3.63) is 29.8 Å². The number of carbonyl (C=O) groups is 1. The molecule has 6 nitrogen and oxygen atoms in total. The largest absolute Gasteiger partial charge is 0.491 e. The zero-order valence-corrected chi connectivity index (χ0v) is 14.1. The first-order valence-electron chi connectivity index (χ1n) is 7.90. The van der Waals surface area contributed by atoms with Gasteiger partial charge in [0.05, 0.1) is 12.8 Å². The minimum atomic E-state index is -3.16. The molecule has 1 amide bonds. The van der Waals surface area contributed by atoms with E-state index >= 15 is 0 Å². The van der Waals surface area contributed by atoms with Gasteiger partial charge >= 0.3 is 0 Å². The van der Waals surface area contributed by atoms with Gasteiger partial charge in [-0.1, -0.05) is 18.2 Å². The molecular weight excluding hydrogens is 316 g/mol. The van der Waals surface area contributed by atoms with Gasteiger partial charge in [0.25, 0.3) is 0 Å². The van der Waals surface area contributed by atoms with Crippen molar-refractivity contribution in [2.75, 3.05) is 32.5 Å². The monoisotopic (exact) mass is 338 g/mol. The third-order valence-electron chi connectivity index (χ3n) is 4.54. The van der Waals surface area contributed by atoms with Gasteiger partial charge in [0, 0.05) is 31.1 Å². The first-order chi connectivity index (χ1) is 10.9. The number of piperidine rings is 1. The Morgan fingerprint density at radius 3 is 2.57 bits per heavy atom. The zero-order chi connectivity index (χ0) is 16.4. The lowest BCUT2D eigenvalue weighted by Crippen LogP contribution is -2.44. The van der Waals surface area contributed by atoms with E-state index < -0.39 is 10.0 Å². The van der Waals surface area contributed by atoms with Crippen LogP contribution in [0.2, 0.25) is 0 Å². The van der Waals surface area contributed by atoms with Crippen LogP contribution in [0.3, 0.4) is 0 Å². The van der Waals surface area contributed by atoms with Gasteiger partial charge in [-0.2, -0.15) is 0 Å². The highest BCUT2D eigenvalue weighted by Gasteiger charge is 2.32. The maximum Gasteiger partial charge on any atom is 0.226 e. The summed E-state index contributed by atoms with van der Waals surface area (Å²) in [6.45, 7) is 2.47. The van der Waals surface area contributed by atoms with E-state index in [2.05, 4.69) is 0 Å². The molecule has 1 aromatic rings. The zero-order valence-electron chi connectivity index (χ0n) is 13.3. The molecule has 2 aliphatic heterocycles. The molecule has 1 fully saturated rings. The van der Waals surface area contributed by atoms with Crippen molar-refractivity contribution >= 4 is 15.9 Å². The third-order valence-corrected chi connectivity index (χ3v) is 5.84. The summed E-state index contributed by atoms with van der Waals surface area (Å²) in [6, 6.07) is 7.78. The number of nitrogens with zero attached hydrogens (tertiary/aromatic N) is 2. The van der Waals surface area contributed by atoms with Crippen LogP contribution in [0, 0.1) is 5.92 Å². The molecule has 2 aliphatic rings. The van der Waals surface area contributed by atoms with E-state index in [-0.39, 0.29) is 11.8 Å². The minimum absolute atomic E-state index is 0.0988. The topological polar surface area (TPSA) is 66.9 Å². The Morgan fingerprint density at radius 2 is 1.87 bits per heavy atom. The van der Waals surface area contributed by atoms with Crippen LogP contribution in [-0.4, -0.2) is 56.0 Å². The first kappa shape index (κ1) is 16.3. The molecular formula is C16H22N2O4S. The molecule has 0 saturated carbocycles. The van der Waals surface area contributed by atoms with E-state index in [1.54, 1.807) is 0 Å². The number of para-hydroxylation sites is 1. The van der Waals surface area contributed by atoms with E-state index in [0.717, 1.165) is 11.3 Å². The number of hydrogen-bond acceptors (Lipinski definition) is 4. The van der Waals surface area contributed by atoms with Crippen molar-refractivity contribution in [1.29, 1.82) is 0 Å². The lowest BCUT2D eigenvalue weighted by Gasteiger charge is -2.32. The summed E-state index contributed by atoms with van der Waals surface area (Å²) < 4.78 is 30.3. The fraction of sp³-hybridized carbons (Fsp3) is 0.562. The molecule has 7 heteroatoms. The molecule has 0 N–H and O–H groups in total. The number of hydrogen-bond donors (Lipinski definition) is 0. The number of amides is 1. The van der Waals surface area contributed by atoms with Gasteiger partial charge in [0.15, 0.2) is 0 Å². The predicted octanol–water partition coefficient (Wildman–Crippen LogP) is 1.08. The molecule has 126 valence electrons. The average molecular weight is 338 g/mol. The van der Waals surface area contributed by atoms with E-state index in [0.29, 0.717) is 45.6 Å². The normalized spacial score (nSPS) is 20.5. The van der Waals surface area contributed by atoms with E-state index in [4.69, 9.17) is 4.74 Å². The molecule has 0 radical (unpaired) electrons. The number of sulfonamides is 1. The molecule has 0 atom stereocenters. The fourth-order valence-corrected chi connectivity index (χ4v) is 4.08. The van der Waals surface area contributed by atoms with Crippen molar-refractivity contribution in [2.24, 2.45) is 5.92 Å². The highest BCUT2D eigenvalue weighted by Crippen LogP contribution is 2.26. The van der Waals surface area contributed by atoms with Crippen molar-refractivity contribution < 1.29 is 17.9 Å². The second-order valence-corrected chi connectivity index (χ2v) is 8.13. The highest BCUT2D eigenvalue weighted by molar-refractivity contribution is 7.88. The summed E-state index contributed by atoms with van der Waals surface area (Å²) in [5.41, 5.74) is 1.02.